The van der Waals surface area contributed by atoms with Crippen molar-refractivity contribution in [3.63, 3.8) is 0 Å². The van der Waals surface area contributed by atoms with Gasteiger partial charge in [-0.15, -0.1) is 11.3 Å². The van der Waals surface area contributed by atoms with Gasteiger partial charge in [-0.25, -0.2) is 0 Å². The third-order valence-corrected chi connectivity index (χ3v) is 6.99. The number of thiophene rings is 1. The van der Waals surface area contributed by atoms with E-state index in [1.54, 1.807) is 11.3 Å². The second-order valence-corrected chi connectivity index (χ2v) is 9.21. The molecular formula is C26H31N3O2S. The largest absolute Gasteiger partial charge is 0.378 e. The van der Waals surface area contributed by atoms with Crippen molar-refractivity contribution in [3.8, 4) is 11.1 Å². The topological polar surface area (TPSA) is 36.0 Å². The predicted octanol–water partition coefficient (Wildman–Crippen LogP) is 4.98. The lowest BCUT2D eigenvalue weighted by Gasteiger charge is -2.28. The Morgan fingerprint density at radius 1 is 1.03 bits per heavy atom. The molecular weight excluding hydrogens is 418 g/mol. The van der Waals surface area contributed by atoms with Crippen molar-refractivity contribution in [2.45, 2.75) is 13.5 Å². The highest BCUT2D eigenvalue weighted by molar-refractivity contribution is 7.18. The van der Waals surface area contributed by atoms with Crippen LogP contribution in [0.4, 0.5) is 10.7 Å². The normalized spacial score (nSPS) is 13.8. The zero-order chi connectivity index (χ0) is 22.5. The fraction of sp³-hybridized carbons (Fsp3) is 0.346. The van der Waals surface area contributed by atoms with Gasteiger partial charge in [-0.05, 0) is 36.2 Å². The lowest BCUT2D eigenvalue weighted by molar-refractivity contribution is 0.0757. The maximum Gasteiger partial charge on any atom is 0.264 e. The molecule has 0 N–H and O–H groups in total. The zero-order valence-electron chi connectivity index (χ0n) is 19.1. The lowest BCUT2D eigenvalue weighted by atomic mass is 10.1. The number of benzene rings is 2. The Morgan fingerprint density at radius 2 is 1.72 bits per heavy atom. The Labute approximate surface area is 194 Å². The monoisotopic (exact) mass is 449 g/mol. The molecule has 1 saturated heterocycles. The summed E-state index contributed by atoms with van der Waals surface area (Å²) in [5.41, 5.74) is 4.57. The summed E-state index contributed by atoms with van der Waals surface area (Å²) < 4.78 is 5.55. The predicted molar refractivity (Wildman–Crippen MR) is 134 cm³/mol. The second kappa shape index (κ2) is 10.2. The van der Waals surface area contributed by atoms with Gasteiger partial charge in [0, 0.05) is 51.5 Å². The number of morpholine rings is 1. The highest BCUT2D eigenvalue weighted by atomic mass is 32.1. The number of ether oxygens (including phenoxy) is 1. The third kappa shape index (κ3) is 4.97. The Morgan fingerprint density at radius 3 is 2.34 bits per heavy atom. The van der Waals surface area contributed by atoms with Crippen LogP contribution in [-0.2, 0) is 11.3 Å². The Balaban J connectivity index is 1.60. The smallest absolute Gasteiger partial charge is 0.264 e. The fourth-order valence-electron chi connectivity index (χ4n) is 3.92. The highest BCUT2D eigenvalue weighted by Gasteiger charge is 2.24. The van der Waals surface area contributed by atoms with E-state index in [2.05, 4.69) is 52.3 Å². The molecule has 5 nitrogen and oxygen atoms in total. The first-order valence-electron chi connectivity index (χ1n) is 11.1. The molecule has 6 heteroatoms. The molecule has 0 radical (unpaired) electrons. The summed E-state index contributed by atoms with van der Waals surface area (Å²) in [6.07, 6.45) is 0. The van der Waals surface area contributed by atoms with Crippen LogP contribution in [0.15, 0.2) is 60.7 Å². The van der Waals surface area contributed by atoms with Crippen LogP contribution in [0.5, 0.6) is 0 Å². The minimum absolute atomic E-state index is 0.0888. The van der Waals surface area contributed by atoms with E-state index in [9.17, 15) is 4.79 Å². The van der Waals surface area contributed by atoms with Crippen LogP contribution >= 0.6 is 11.3 Å². The van der Waals surface area contributed by atoms with Crippen LogP contribution < -0.4 is 9.80 Å². The van der Waals surface area contributed by atoms with Gasteiger partial charge in [0.05, 0.1) is 23.1 Å². The summed E-state index contributed by atoms with van der Waals surface area (Å²) in [7, 11) is 4.06. The average Bonchev–Trinajstić information content (AvgIpc) is 3.29. The molecule has 4 rings (SSSR count). The molecule has 0 atom stereocenters. The van der Waals surface area contributed by atoms with Crippen LogP contribution in [0.25, 0.3) is 11.1 Å². The third-order valence-electron chi connectivity index (χ3n) is 5.80. The maximum atomic E-state index is 13.5. The number of amides is 1. The van der Waals surface area contributed by atoms with E-state index in [4.69, 9.17) is 4.74 Å². The Kier molecular flexibility index (Phi) is 7.12. The van der Waals surface area contributed by atoms with E-state index in [-0.39, 0.29) is 5.91 Å². The van der Waals surface area contributed by atoms with Crippen LogP contribution in [0.1, 0.15) is 22.2 Å². The molecule has 0 unspecified atom stereocenters. The molecule has 1 aromatic heterocycles. The standard InChI is InChI=1S/C26H31N3O2S/c1-4-28(19-20-10-12-22(13-11-20)27(2)3)25(30)24-18-23(21-8-6-5-7-9-21)26(32-24)29-14-16-31-17-15-29/h5-13,18H,4,14-17,19H2,1-3H3. The van der Waals surface area contributed by atoms with Crippen LogP contribution in [0.2, 0.25) is 0 Å². The summed E-state index contributed by atoms with van der Waals surface area (Å²) in [6, 6.07) is 20.8. The van der Waals surface area contributed by atoms with Crippen molar-refractivity contribution in [1.82, 2.24) is 4.90 Å². The number of rotatable bonds is 7. The summed E-state index contributed by atoms with van der Waals surface area (Å²) in [5.74, 6) is 0.0888. The summed E-state index contributed by atoms with van der Waals surface area (Å²) in [4.78, 5) is 20.7. The molecule has 0 bridgehead atoms. The van der Waals surface area contributed by atoms with Gasteiger partial charge >= 0.3 is 0 Å². The Bertz CT molecular complexity index is 1020. The van der Waals surface area contributed by atoms with Crippen LogP contribution in [0, 0.1) is 0 Å². The van der Waals surface area contributed by atoms with Crippen molar-refractivity contribution in [2.75, 3.05) is 56.7 Å². The van der Waals surface area contributed by atoms with E-state index in [0.29, 0.717) is 13.1 Å². The summed E-state index contributed by atoms with van der Waals surface area (Å²) in [5, 5.41) is 1.16. The first kappa shape index (κ1) is 22.4. The maximum absolute atomic E-state index is 13.5. The van der Waals surface area contributed by atoms with Gasteiger partial charge in [-0.3, -0.25) is 4.79 Å². The molecule has 2 heterocycles. The molecule has 1 aliphatic rings. The molecule has 1 aliphatic heterocycles. The molecule has 0 saturated carbocycles. The van der Waals surface area contributed by atoms with Crippen molar-refractivity contribution < 1.29 is 9.53 Å². The fourth-order valence-corrected chi connectivity index (χ4v) is 5.12. The Hall–Kier alpha value is -2.83. The molecule has 32 heavy (non-hydrogen) atoms. The second-order valence-electron chi connectivity index (χ2n) is 8.18. The van der Waals surface area contributed by atoms with Gasteiger partial charge in [0.1, 0.15) is 0 Å². The van der Waals surface area contributed by atoms with Gasteiger partial charge in [-0.2, -0.15) is 0 Å². The van der Waals surface area contributed by atoms with Gasteiger partial charge in [0.25, 0.3) is 5.91 Å². The van der Waals surface area contributed by atoms with E-state index in [0.717, 1.165) is 58.6 Å². The average molecular weight is 450 g/mol. The molecule has 2 aromatic carbocycles. The SMILES string of the molecule is CCN(Cc1ccc(N(C)C)cc1)C(=O)c1cc(-c2ccccc2)c(N2CCOCC2)s1. The molecule has 3 aromatic rings. The van der Waals surface area contributed by atoms with E-state index >= 15 is 0 Å². The minimum Gasteiger partial charge on any atom is -0.378 e. The van der Waals surface area contributed by atoms with Crippen LogP contribution in [0.3, 0.4) is 0 Å². The van der Waals surface area contributed by atoms with Crippen molar-refractivity contribution >= 4 is 27.9 Å². The van der Waals surface area contributed by atoms with E-state index < -0.39 is 0 Å². The number of hydrogen-bond acceptors (Lipinski definition) is 5. The van der Waals surface area contributed by atoms with Gasteiger partial charge in [-0.1, -0.05) is 42.5 Å². The first-order valence-corrected chi connectivity index (χ1v) is 12.0. The quantitative estimate of drug-likeness (QED) is 0.510. The van der Waals surface area contributed by atoms with Crippen molar-refractivity contribution in [2.24, 2.45) is 0 Å². The zero-order valence-corrected chi connectivity index (χ0v) is 19.9. The summed E-state index contributed by atoms with van der Waals surface area (Å²) >= 11 is 1.60. The number of carbonyl (C=O) groups excluding carboxylic acids is 1. The van der Waals surface area contributed by atoms with Crippen molar-refractivity contribution in [3.05, 3.63) is 71.1 Å². The highest BCUT2D eigenvalue weighted by Crippen LogP contribution is 2.40. The van der Waals surface area contributed by atoms with E-state index in [1.165, 1.54) is 0 Å². The molecule has 1 fully saturated rings. The van der Waals surface area contributed by atoms with Crippen molar-refractivity contribution in [1.29, 1.82) is 0 Å². The lowest BCUT2D eigenvalue weighted by Crippen LogP contribution is -2.35. The molecule has 0 spiro atoms. The summed E-state index contributed by atoms with van der Waals surface area (Å²) in [6.45, 7) is 6.46. The number of nitrogens with zero attached hydrogens (tertiary/aromatic N) is 3. The van der Waals surface area contributed by atoms with Gasteiger partial charge in [0.15, 0.2) is 0 Å². The number of anilines is 2. The van der Waals surface area contributed by atoms with Gasteiger partial charge < -0.3 is 19.4 Å². The minimum atomic E-state index is 0.0888. The first-order chi connectivity index (χ1) is 15.6. The van der Waals surface area contributed by atoms with E-state index in [1.807, 2.05) is 44.1 Å². The van der Waals surface area contributed by atoms with Crippen LogP contribution in [-0.4, -0.2) is 57.8 Å². The number of carbonyl (C=O) groups is 1. The molecule has 1 amide bonds. The molecule has 168 valence electrons. The number of hydrogen-bond donors (Lipinski definition) is 0. The molecule has 0 aliphatic carbocycles. The van der Waals surface area contributed by atoms with Gasteiger partial charge in [0.2, 0.25) is 0 Å².